The van der Waals surface area contributed by atoms with Crippen LogP contribution in [0.25, 0.3) is 13.2 Å². The van der Waals surface area contributed by atoms with E-state index in [1.54, 1.807) is 18.9 Å². The van der Waals surface area contributed by atoms with Gasteiger partial charge in [0.15, 0.2) is 0 Å². The molecule has 0 aliphatic rings. The van der Waals surface area contributed by atoms with Gasteiger partial charge in [0.1, 0.15) is 11.5 Å². The molecule has 1 aromatic carbocycles. The van der Waals surface area contributed by atoms with Gasteiger partial charge >= 0.3 is 0 Å². The highest BCUT2D eigenvalue weighted by Gasteiger charge is 2.30. The first kappa shape index (κ1) is 18.0. The summed E-state index contributed by atoms with van der Waals surface area (Å²) in [6.45, 7) is 13.8. The van der Waals surface area contributed by atoms with Crippen LogP contribution in [0.2, 0.25) is 0 Å². The zero-order chi connectivity index (χ0) is 17.2. The van der Waals surface area contributed by atoms with Gasteiger partial charge in [-0.15, -0.1) is 0 Å². The second kappa shape index (κ2) is 6.40. The molecule has 1 rings (SSSR count). The number of nitrogens with two attached hydrogens (primary N) is 1. The first-order chi connectivity index (χ1) is 10.0. The number of hydrogen-bond donors (Lipinski definition) is 3. The van der Waals surface area contributed by atoms with Crippen LogP contribution in [-0.4, -0.2) is 41.2 Å². The van der Waals surface area contributed by atoms with Crippen molar-refractivity contribution in [2.45, 2.75) is 32.6 Å². The van der Waals surface area contributed by atoms with Crippen molar-refractivity contribution < 1.29 is 15.0 Å². The predicted molar refractivity (Wildman–Crippen MR) is 89.1 cm³/mol. The monoisotopic (exact) mass is 306 g/mol. The van der Waals surface area contributed by atoms with Crippen molar-refractivity contribution in [3.63, 3.8) is 0 Å². The normalized spacial score (nSPS) is 11.5. The van der Waals surface area contributed by atoms with Crippen LogP contribution in [0.3, 0.4) is 0 Å². The summed E-state index contributed by atoms with van der Waals surface area (Å²) in [5.74, 6) is -0.0897. The van der Waals surface area contributed by atoms with Gasteiger partial charge < -0.3 is 20.8 Å². The Hall–Kier alpha value is -2.01. The maximum atomic E-state index is 12.3. The fraction of sp³-hybridized carbons (Fsp3) is 0.471. The van der Waals surface area contributed by atoms with Gasteiger partial charge in [-0.2, -0.15) is 0 Å². The summed E-state index contributed by atoms with van der Waals surface area (Å²) in [6.07, 6.45) is 0.168. The van der Waals surface area contributed by atoms with E-state index in [0.29, 0.717) is 34.7 Å². The van der Waals surface area contributed by atoms with Crippen LogP contribution in [0.5, 0.6) is 11.5 Å². The second-order valence-corrected chi connectivity index (χ2v) is 6.32. The lowest BCUT2D eigenvalue weighted by molar-refractivity contribution is -0.130. The van der Waals surface area contributed by atoms with Crippen LogP contribution in [0.1, 0.15) is 31.4 Å². The second-order valence-electron chi connectivity index (χ2n) is 6.32. The topological polar surface area (TPSA) is 86.8 Å². The predicted octanol–water partition coefficient (Wildman–Crippen LogP) is 0.312. The molecule has 0 fully saturated rings. The van der Waals surface area contributed by atoms with Crippen molar-refractivity contribution in [2.75, 3.05) is 20.1 Å². The van der Waals surface area contributed by atoms with Crippen LogP contribution in [-0.2, 0) is 10.2 Å². The molecule has 0 unspecified atom stereocenters. The smallest absolute Gasteiger partial charge is 0.223 e. The first-order valence-electron chi connectivity index (χ1n) is 7.21. The number of carbonyl (C=O) groups excluding carboxylic acids is 1. The Labute approximate surface area is 131 Å². The minimum Gasteiger partial charge on any atom is -0.507 e. The highest BCUT2D eigenvalue weighted by molar-refractivity contribution is 5.77. The van der Waals surface area contributed by atoms with Gasteiger partial charge in [-0.1, -0.05) is 27.0 Å². The van der Waals surface area contributed by atoms with E-state index < -0.39 is 5.41 Å². The number of aromatic hydroxyl groups is 2. The number of hydrogen-bond acceptors (Lipinski definition) is 4. The van der Waals surface area contributed by atoms with E-state index in [-0.39, 0.29) is 23.8 Å². The lowest BCUT2D eigenvalue weighted by Gasteiger charge is -2.29. The van der Waals surface area contributed by atoms with E-state index in [2.05, 4.69) is 13.2 Å². The quantitative estimate of drug-likeness (QED) is 0.683. The molecule has 0 aliphatic heterocycles. The van der Waals surface area contributed by atoms with Gasteiger partial charge in [0.25, 0.3) is 0 Å². The molecule has 0 spiro atoms. The molecule has 122 valence electrons. The molecule has 0 heterocycles. The lowest BCUT2D eigenvalue weighted by Crippen LogP contribution is -2.38. The highest BCUT2D eigenvalue weighted by Crippen LogP contribution is 2.31. The maximum absolute atomic E-state index is 12.3. The third-order valence-corrected chi connectivity index (χ3v) is 4.08. The van der Waals surface area contributed by atoms with E-state index in [1.165, 1.54) is 0 Å². The van der Waals surface area contributed by atoms with E-state index in [0.717, 1.165) is 0 Å². The number of rotatable bonds is 5. The summed E-state index contributed by atoms with van der Waals surface area (Å²) < 4.78 is 0. The Bertz CT molecular complexity index is 680. The molecule has 22 heavy (non-hydrogen) atoms. The van der Waals surface area contributed by atoms with Gasteiger partial charge in [-0.3, -0.25) is 4.79 Å². The Morgan fingerprint density at radius 2 is 1.77 bits per heavy atom. The molecule has 5 heteroatoms. The molecular formula is C17H26N2O3. The third kappa shape index (κ3) is 3.25. The van der Waals surface area contributed by atoms with E-state index >= 15 is 0 Å². The number of amides is 1. The summed E-state index contributed by atoms with van der Waals surface area (Å²) in [6, 6.07) is 0. The van der Waals surface area contributed by atoms with Crippen molar-refractivity contribution in [1.29, 1.82) is 0 Å². The van der Waals surface area contributed by atoms with Crippen LogP contribution in [0, 0.1) is 6.92 Å². The van der Waals surface area contributed by atoms with Gasteiger partial charge in [0.05, 0.1) is 0 Å². The Balaban J connectivity index is 3.33. The fourth-order valence-corrected chi connectivity index (χ4v) is 2.61. The van der Waals surface area contributed by atoms with Crippen LogP contribution in [0.4, 0.5) is 0 Å². The summed E-state index contributed by atoms with van der Waals surface area (Å²) in [5.41, 5.74) is 5.71. The number of likely N-dealkylation sites (N-methyl/N-ethyl adjacent to an activating group) is 1. The maximum Gasteiger partial charge on any atom is 0.223 e. The minimum atomic E-state index is -0.696. The van der Waals surface area contributed by atoms with E-state index in [4.69, 9.17) is 5.73 Å². The molecule has 0 bridgehead atoms. The molecule has 0 saturated carbocycles. The molecule has 4 N–H and O–H groups in total. The van der Waals surface area contributed by atoms with Crippen LogP contribution in [0.15, 0.2) is 0 Å². The van der Waals surface area contributed by atoms with Gasteiger partial charge in [-0.25, -0.2) is 0 Å². The van der Waals surface area contributed by atoms with Crippen molar-refractivity contribution in [3.05, 3.63) is 21.6 Å². The number of carbonyl (C=O) groups is 1. The molecule has 0 radical (unpaired) electrons. The molecule has 0 atom stereocenters. The standard InChI is InChI=1S/C17H26N2O3/c1-10-11(2)16(22)14(12(3)15(10)21)17(4,5)9-13(20)19(6)8-7-18/h21-22H,2-3,7-9,18H2,1,4-6H3. The fourth-order valence-electron chi connectivity index (χ4n) is 2.61. The number of phenols is 2. The summed E-state index contributed by atoms with van der Waals surface area (Å²) >= 11 is 0. The van der Waals surface area contributed by atoms with E-state index in [9.17, 15) is 15.0 Å². The molecule has 1 aromatic rings. The number of benzene rings is 1. The molecule has 0 aromatic heterocycles. The highest BCUT2D eigenvalue weighted by atomic mass is 16.3. The van der Waals surface area contributed by atoms with Crippen LogP contribution < -0.4 is 16.2 Å². The zero-order valence-corrected chi connectivity index (χ0v) is 13.9. The van der Waals surface area contributed by atoms with E-state index in [1.807, 2.05) is 13.8 Å². The average Bonchev–Trinajstić information content (AvgIpc) is 2.42. The minimum absolute atomic E-state index is 0.00800. The average molecular weight is 306 g/mol. The van der Waals surface area contributed by atoms with Crippen molar-refractivity contribution in [1.82, 2.24) is 4.90 Å². The largest absolute Gasteiger partial charge is 0.507 e. The lowest BCUT2D eigenvalue weighted by atomic mass is 9.78. The Morgan fingerprint density at radius 3 is 2.27 bits per heavy atom. The molecule has 5 nitrogen and oxygen atoms in total. The van der Waals surface area contributed by atoms with Gasteiger partial charge in [-0.05, 0) is 6.92 Å². The summed E-state index contributed by atoms with van der Waals surface area (Å²) in [5, 5.41) is 21.3. The first-order valence-corrected chi connectivity index (χ1v) is 7.21. The van der Waals surface area contributed by atoms with Gasteiger partial charge in [0, 0.05) is 53.5 Å². The SMILES string of the molecule is C=c1c(C)c(O)c(=C)c(C(C)(C)CC(=O)N(C)CCN)c1O. The third-order valence-electron chi connectivity index (χ3n) is 4.08. The molecule has 1 amide bonds. The molecule has 0 aliphatic carbocycles. The van der Waals surface area contributed by atoms with Crippen molar-refractivity contribution in [2.24, 2.45) is 5.73 Å². The Morgan fingerprint density at radius 1 is 1.23 bits per heavy atom. The number of phenolic OH excluding ortho intramolecular Hbond substituents is 2. The van der Waals surface area contributed by atoms with Crippen LogP contribution >= 0.6 is 0 Å². The van der Waals surface area contributed by atoms with Crippen molar-refractivity contribution in [3.8, 4) is 11.5 Å². The Kier molecular flexibility index (Phi) is 5.25. The summed E-state index contributed by atoms with van der Waals surface area (Å²) in [4.78, 5) is 13.8. The zero-order valence-electron chi connectivity index (χ0n) is 13.9. The van der Waals surface area contributed by atoms with Gasteiger partial charge in [0.2, 0.25) is 5.91 Å². The number of nitrogens with zero attached hydrogens (tertiary/aromatic N) is 1. The molecular weight excluding hydrogens is 280 g/mol. The van der Waals surface area contributed by atoms with Crippen molar-refractivity contribution >= 4 is 19.1 Å². The molecule has 0 saturated heterocycles. The summed E-state index contributed by atoms with van der Waals surface area (Å²) in [7, 11) is 1.69.